The Hall–Kier alpha value is -1.17. The fourth-order valence-electron chi connectivity index (χ4n) is 2.46. The Morgan fingerprint density at radius 3 is 2.67 bits per heavy atom. The lowest BCUT2D eigenvalue weighted by Crippen LogP contribution is -2.30. The Kier molecular flexibility index (Phi) is 5.96. The van der Waals surface area contributed by atoms with Crippen molar-refractivity contribution in [1.82, 2.24) is 14.7 Å². The third kappa shape index (κ3) is 4.40. The summed E-state index contributed by atoms with van der Waals surface area (Å²) in [7, 11) is 2.11. The summed E-state index contributed by atoms with van der Waals surface area (Å²) in [5.41, 5.74) is 8.44. The van der Waals surface area contributed by atoms with Crippen molar-refractivity contribution in [2.75, 3.05) is 13.6 Å². The maximum absolute atomic E-state index is 5.98. The summed E-state index contributed by atoms with van der Waals surface area (Å²) in [6.45, 7) is 4.56. The van der Waals surface area contributed by atoms with Gasteiger partial charge in [-0.15, -0.1) is 0 Å². The first-order valence-corrected chi connectivity index (χ1v) is 8.10. The van der Waals surface area contributed by atoms with E-state index in [0.29, 0.717) is 6.54 Å². The second-order valence-electron chi connectivity index (χ2n) is 5.33. The van der Waals surface area contributed by atoms with E-state index in [1.807, 2.05) is 10.9 Å². The maximum Gasteiger partial charge on any atom is 0.0538 e. The van der Waals surface area contributed by atoms with Crippen LogP contribution in [0.1, 0.15) is 30.5 Å². The zero-order valence-corrected chi connectivity index (χ0v) is 14.3. The predicted molar refractivity (Wildman–Crippen MR) is 89.9 cm³/mol. The van der Waals surface area contributed by atoms with Crippen molar-refractivity contribution in [3.05, 3.63) is 52.3 Å². The molecule has 0 spiro atoms. The zero-order chi connectivity index (χ0) is 15.2. The van der Waals surface area contributed by atoms with E-state index < -0.39 is 0 Å². The van der Waals surface area contributed by atoms with Crippen LogP contribution in [-0.2, 0) is 13.1 Å². The van der Waals surface area contributed by atoms with Crippen LogP contribution in [0.2, 0.25) is 0 Å². The normalized spacial score (nSPS) is 12.8. The van der Waals surface area contributed by atoms with Gasteiger partial charge in [-0.05, 0) is 31.2 Å². The summed E-state index contributed by atoms with van der Waals surface area (Å²) < 4.78 is 3.09. The third-order valence-electron chi connectivity index (χ3n) is 3.59. The zero-order valence-electron chi connectivity index (χ0n) is 12.7. The molecule has 4 nitrogen and oxygen atoms in total. The minimum atomic E-state index is 0.194. The first-order valence-electron chi connectivity index (χ1n) is 7.31. The highest BCUT2D eigenvalue weighted by Gasteiger charge is 2.17. The number of aromatic nitrogens is 2. The standard InChI is InChI=1S/C16H23BrN4/c1-3-8-21-12-14(10-19-21)16(9-18)20(2)11-13-4-6-15(17)7-5-13/h4-7,10,12,16H,3,8-9,11,18H2,1-2H3. The van der Waals surface area contributed by atoms with E-state index in [1.165, 1.54) is 11.1 Å². The van der Waals surface area contributed by atoms with Gasteiger partial charge in [0.1, 0.15) is 0 Å². The number of nitrogens with zero attached hydrogens (tertiary/aromatic N) is 3. The van der Waals surface area contributed by atoms with E-state index in [0.717, 1.165) is 24.0 Å². The summed E-state index contributed by atoms with van der Waals surface area (Å²) in [6, 6.07) is 8.60. The average molecular weight is 351 g/mol. The molecule has 1 aromatic carbocycles. The van der Waals surface area contributed by atoms with E-state index >= 15 is 0 Å². The SMILES string of the molecule is CCCn1cc(C(CN)N(C)Cc2ccc(Br)cc2)cn1. The van der Waals surface area contributed by atoms with Gasteiger partial charge in [-0.3, -0.25) is 9.58 Å². The summed E-state index contributed by atoms with van der Waals surface area (Å²) in [5, 5.41) is 4.40. The first-order chi connectivity index (χ1) is 10.1. The highest BCUT2D eigenvalue weighted by atomic mass is 79.9. The molecule has 1 heterocycles. The molecule has 2 rings (SSSR count). The summed E-state index contributed by atoms with van der Waals surface area (Å²) in [4.78, 5) is 2.27. The van der Waals surface area contributed by atoms with Crippen molar-refractivity contribution >= 4 is 15.9 Å². The Balaban J connectivity index is 2.06. The molecule has 21 heavy (non-hydrogen) atoms. The molecule has 1 atom stereocenters. The molecule has 114 valence electrons. The largest absolute Gasteiger partial charge is 0.329 e. The molecule has 0 aliphatic rings. The van der Waals surface area contributed by atoms with E-state index in [2.05, 4.69) is 70.4 Å². The molecule has 0 fully saturated rings. The van der Waals surface area contributed by atoms with Crippen LogP contribution >= 0.6 is 15.9 Å². The minimum absolute atomic E-state index is 0.194. The van der Waals surface area contributed by atoms with Crippen molar-refractivity contribution in [3.8, 4) is 0 Å². The summed E-state index contributed by atoms with van der Waals surface area (Å²) >= 11 is 3.46. The maximum atomic E-state index is 5.98. The molecule has 1 aromatic heterocycles. The van der Waals surface area contributed by atoms with E-state index in [9.17, 15) is 0 Å². The highest BCUT2D eigenvalue weighted by Crippen LogP contribution is 2.20. The summed E-state index contributed by atoms with van der Waals surface area (Å²) in [6.07, 6.45) is 5.13. The van der Waals surface area contributed by atoms with Crippen molar-refractivity contribution in [2.45, 2.75) is 32.5 Å². The number of benzene rings is 1. The smallest absolute Gasteiger partial charge is 0.0538 e. The van der Waals surface area contributed by atoms with Gasteiger partial charge in [-0.25, -0.2) is 0 Å². The van der Waals surface area contributed by atoms with E-state index in [1.54, 1.807) is 0 Å². The molecular formula is C16H23BrN4. The molecule has 0 saturated heterocycles. The van der Waals surface area contributed by atoms with Gasteiger partial charge in [-0.2, -0.15) is 5.10 Å². The lowest BCUT2D eigenvalue weighted by Gasteiger charge is -2.26. The van der Waals surface area contributed by atoms with Gasteiger partial charge in [0.05, 0.1) is 12.2 Å². The van der Waals surface area contributed by atoms with Gasteiger partial charge in [0.25, 0.3) is 0 Å². The Morgan fingerprint density at radius 1 is 1.33 bits per heavy atom. The van der Waals surface area contributed by atoms with Crippen LogP contribution in [0, 0.1) is 0 Å². The van der Waals surface area contributed by atoms with Crippen LogP contribution < -0.4 is 5.73 Å². The van der Waals surface area contributed by atoms with Gasteiger partial charge in [0, 0.05) is 35.9 Å². The fourth-order valence-corrected chi connectivity index (χ4v) is 2.73. The second kappa shape index (κ2) is 7.73. The van der Waals surface area contributed by atoms with Crippen LogP contribution in [0.25, 0.3) is 0 Å². The van der Waals surface area contributed by atoms with Crippen LogP contribution in [-0.4, -0.2) is 28.3 Å². The predicted octanol–water partition coefficient (Wildman–Crippen LogP) is 3.19. The number of rotatable bonds is 7. The van der Waals surface area contributed by atoms with Gasteiger partial charge in [-0.1, -0.05) is 35.0 Å². The number of hydrogen-bond donors (Lipinski definition) is 1. The molecule has 0 bridgehead atoms. The Morgan fingerprint density at radius 2 is 2.05 bits per heavy atom. The highest BCUT2D eigenvalue weighted by molar-refractivity contribution is 9.10. The van der Waals surface area contributed by atoms with Gasteiger partial charge >= 0.3 is 0 Å². The molecule has 5 heteroatoms. The number of aryl methyl sites for hydroxylation is 1. The van der Waals surface area contributed by atoms with Crippen molar-refractivity contribution in [1.29, 1.82) is 0 Å². The van der Waals surface area contributed by atoms with E-state index in [4.69, 9.17) is 5.73 Å². The molecular weight excluding hydrogens is 328 g/mol. The monoisotopic (exact) mass is 350 g/mol. The van der Waals surface area contributed by atoms with E-state index in [-0.39, 0.29) is 6.04 Å². The fraction of sp³-hybridized carbons (Fsp3) is 0.438. The minimum Gasteiger partial charge on any atom is -0.329 e. The lowest BCUT2D eigenvalue weighted by molar-refractivity contribution is 0.241. The molecule has 0 radical (unpaired) electrons. The number of hydrogen-bond acceptors (Lipinski definition) is 3. The molecule has 2 N–H and O–H groups in total. The van der Waals surface area contributed by atoms with Gasteiger partial charge < -0.3 is 5.73 Å². The number of nitrogens with two attached hydrogens (primary N) is 1. The number of halogens is 1. The molecule has 0 aliphatic carbocycles. The Labute approximate surface area is 135 Å². The molecule has 0 amide bonds. The van der Waals surface area contributed by atoms with Crippen molar-refractivity contribution in [3.63, 3.8) is 0 Å². The summed E-state index contributed by atoms with van der Waals surface area (Å²) in [5.74, 6) is 0. The topological polar surface area (TPSA) is 47.1 Å². The van der Waals surface area contributed by atoms with Crippen molar-refractivity contribution < 1.29 is 0 Å². The Bertz CT molecular complexity index is 550. The quantitative estimate of drug-likeness (QED) is 0.833. The van der Waals surface area contributed by atoms with Gasteiger partial charge in [0.2, 0.25) is 0 Å². The first kappa shape index (κ1) is 16.2. The number of likely N-dealkylation sites (N-methyl/N-ethyl adjacent to an activating group) is 1. The molecule has 1 unspecified atom stereocenters. The van der Waals surface area contributed by atoms with Crippen LogP contribution in [0.15, 0.2) is 41.1 Å². The van der Waals surface area contributed by atoms with Crippen LogP contribution in [0.3, 0.4) is 0 Å². The van der Waals surface area contributed by atoms with Gasteiger partial charge in [0.15, 0.2) is 0 Å². The van der Waals surface area contributed by atoms with Crippen LogP contribution in [0.5, 0.6) is 0 Å². The molecule has 0 saturated carbocycles. The van der Waals surface area contributed by atoms with Crippen LogP contribution in [0.4, 0.5) is 0 Å². The van der Waals surface area contributed by atoms with Crippen molar-refractivity contribution in [2.24, 2.45) is 5.73 Å². The third-order valence-corrected chi connectivity index (χ3v) is 4.12. The average Bonchev–Trinajstić information content (AvgIpc) is 2.91. The second-order valence-corrected chi connectivity index (χ2v) is 6.25. The molecule has 2 aromatic rings. The molecule has 0 aliphatic heterocycles. The lowest BCUT2D eigenvalue weighted by atomic mass is 10.1.